The normalized spacial score (nSPS) is 18.3. The van der Waals surface area contributed by atoms with Crippen LogP contribution in [0.1, 0.15) is 32.3 Å². The highest BCUT2D eigenvalue weighted by molar-refractivity contribution is 5.81. The Balaban J connectivity index is 2.30. The van der Waals surface area contributed by atoms with Gasteiger partial charge in [0.25, 0.3) is 0 Å². The highest BCUT2D eigenvalue weighted by Gasteiger charge is 2.44. The third kappa shape index (κ3) is 3.33. The van der Waals surface area contributed by atoms with Crippen LogP contribution < -0.4 is 5.32 Å². The van der Waals surface area contributed by atoms with E-state index >= 15 is 0 Å². The fourth-order valence-corrected chi connectivity index (χ4v) is 2.05. The van der Waals surface area contributed by atoms with Gasteiger partial charge in [0.15, 0.2) is 5.54 Å². The van der Waals surface area contributed by atoms with Crippen LogP contribution in [-0.2, 0) is 15.1 Å². The predicted molar refractivity (Wildman–Crippen MR) is 73.0 cm³/mol. The molecule has 1 aliphatic carbocycles. The second kappa shape index (κ2) is 5.72. The Kier molecular flexibility index (Phi) is 4.22. The van der Waals surface area contributed by atoms with Crippen LogP contribution in [0.3, 0.4) is 0 Å². The van der Waals surface area contributed by atoms with E-state index in [-0.39, 0.29) is 18.8 Å². The van der Waals surface area contributed by atoms with Crippen LogP contribution in [0.4, 0.5) is 0 Å². The zero-order chi connectivity index (χ0) is 13.9. The van der Waals surface area contributed by atoms with Gasteiger partial charge in [0.1, 0.15) is 0 Å². The monoisotopic (exact) mass is 263 g/mol. The first-order chi connectivity index (χ1) is 9.04. The number of carboxylic acids is 1. The second-order valence-corrected chi connectivity index (χ2v) is 5.35. The highest BCUT2D eigenvalue weighted by Crippen LogP contribution is 2.29. The molecule has 1 aromatic carbocycles. The molecule has 19 heavy (non-hydrogen) atoms. The van der Waals surface area contributed by atoms with Gasteiger partial charge in [0, 0.05) is 6.04 Å². The SMILES string of the molecule is CC(C)OCC(NC1CC1)(C(=O)O)c1ccccc1. The fourth-order valence-electron chi connectivity index (χ4n) is 2.05. The summed E-state index contributed by atoms with van der Waals surface area (Å²) in [7, 11) is 0. The number of benzene rings is 1. The first-order valence-electron chi connectivity index (χ1n) is 6.73. The van der Waals surface area contributed by atoms with Gasteiger partial charge >= 0.3 is 5.97 Å². The molecule has 2 N–H and O–H groups in total. The van der Waals surface area contributed by atoms with E-state index in [4.69, 9.17) is 4.74 Å². The minimum absolute atomic E-state index is 0.00319. The summed E-state index contributed by atoms with van der Waals surface area (Å²) in [6.07, 6.45) is 2.07. The first kappa shape index (κ1) is 14.0. The number of rotatable bonds is 7. The maximum atomic E-state index is 11.9. The molecule has 1 unspecified atom stereocenters. The molecule has 1 saturated carbocycles. The smallest absolute Gasteiger partial charge is 0.331 e. The molecule has 1 atom stereocenters. The lowest BCUT2D eigenvalue weighted by molar-refractivity contribution is -0.149. The molecule has 0 heterocycles. The molecular weight excluding hydrogens is 242 g/mol. The average molecular weight is 263 g/mol. The van der Waals surface area contributed by atoms with Gasteiger partial charge in [-0.15, -0.1) is 0 Å². The maximum Gasteiger partial charge on any atom is 0.331 e. The molecule has 0 amide bonds. The Hall–Kier alpha value is -1.39. The van der Waals surface area contributed by atoms with Crippen LogP contribution in [0, 0.1) is 0 Å². The molecule has 0 aliphatic heterocycles. The highest BCUT2D eigenvalue weighted by atomic mass is 16.5. The van der Waals surface area contributed by atoms with Crippen molar-refractivity contribution in [2.24, 2.45) is 0 Å². The van der Waals surface area contributed by atoms with Crippen molar-refractivity contribution in [3.05, 3.63) is 35.9 Å². The number of nitrogens with one attached hydrogen (secondary N) is 1. The van der Waals surface area contributed by atoms with E-state index in [0.717, 1.165) is 18.4 Å². The summed E-state index contributed by atoms with van der Waals surface area (Å²) in [5.74, 6) is -0.883. The van der Waals surface area contributed by atoms with Crippen molar-refractivity contribution in [1.82, 2.24) is 5.32 Å². The molecule has 1 aromatic rings. The van der Waals surface area contributed by atoms with E-state index < -0.39 is 11.5 Å². The van der Waals surface area contributed by atoms with Crippen molar-refractivity contribution in [3.8, 4) is 0 Å². The number of carboxylic acid groups (broad SMARTS) is 1. The summed E-state index contributed by atoms with van der Waals surface area (Å²) in [5, 5.41) is 13.0. The van der Waals surface area contributed by atoms with Gasteiger partial charge in [-0.05, 0) is 32.3 Å². The molecule has 2 rings (SSSR count). The van der Waals surface area contributed by atoms with Gasteiger partial charge in [-0.2, -0.15) is 0 Å². The predicted octanol–water partition coefficient (Wildman–Crippen LogP) is 2.14. The van der Waals surface area contributed by atoms with Crippen LogP contribution in [-0.4, -0.2) is 29.8 Å². The van der Waals surface area contributed by atoms with Crippen LogP contribution in [0.2, 0.25) is 0 Å². The van der Waals surface area contributed by atoms with Gasteiger partial charge < -0.3 is 9.84 Å². The van der Waals surface area contributed by atoms with Crippen molar-refractivity contribution in [1.29, 1.82) is 0 Å². The lowest BCUT2D eigenvalue weighted by Crippen LogP contribution is -2.54. The van der Waals surface area contributed by atoms with E-state index in [0.29, 0.717) is 0 Å². The van der Waals surface area contributed by atoms with Gasteiger partial charge in [-0.1, -0.05) is 30.3 Å². The summed E-state index contributed by atoms with van der Waals surface area (Å²) in [4.78, 5) is 11.9. The molecule has 4 nitrogen and oxygen atoms in total. The number of carbonyl (C=O) groups is 1. The Morgan fingerprint density at radius 1 is 1.42 bits per heavy atom. The van der Waals surface area contributed by atoms with Crippen molar-refractivity contribution in [2.45, 2.75) is 44.4 Å². The average Bonchev–Trinajstić information content (AvgIpc) is 3.19. The first-order valence-corrected chi connectivity index (χ1v) is 6.73. The summed E-state index contributed by atoms with van der Waals surface area (Å²) in [6, 6.07) is 9.57. The van der Waals surface area contributed by atoms with Crippen molar-refractivity contribution < 1.29 is 14.6 Å². The second-order valence-electron chi connectivity index (χ2n) is 5.35. The molecule has 104 valence electrons. The van der Waals surface area contributed by atoms with E-state index in [9.17, 15) is 9.90 Å². The Labute approximate surface area is 113 Å². The van der Waals surface area contributed by atoms with Crippen molar-refractivity contribution in [3.63, 3.8) is 0 Å². The molecule has 0 radical (unpaired) electrons. The maximum absolute atomic E-state index is 11.9. The fraction of sp³-hybridized carbons (Fsp3) is 0.533. The Morgan fingerprint density at radius 3 is 2.53 bits per heavy atom. The molecule has 1 fully saturated rings. The van der Waals surface area contributed by atoms with Crippen LogP contribution in [0.5, 0.6) is 0 Å². The minimum Gasteiger partial charge on any atom is -0.480 e. The summed E-state index contributed by atoms with van der Waals surface area (Å²) >= 11 is 0. The van der Waals surface area contributed by atoms with Crippen LogP contribution in [0.25, 0.3) is 0 Å². The molecule has 0 spiro atoms. The lowest BCUT2D eigenvalue weighted by Gasteiger charge is -2.32. The number of hydrogen-bond donors (Lipinski definition) is 2. The number of aliphatic carboxylic acids is 1. The summed E-state index contributed by atoms with van der Waals surface area (Å²) in [5.41, 5.74) is -0.401. The van der Waals surface area contributed by atoms with Gasteiger partial charge in [-0.25, -0.2) is 4.79 Å². The third-order valence-electron chi connectivity index (χ3n) is 3.29. The molecular formula is C15H21NO3. The van der Waals surface area contributed by atoms with Gasteiger partial charge in [0.2, 0.25) is 0 Å². The number of ether oxygens (including phenoxy) is 1. The van der Waals surface area contributed by atoms with E-state index in [1.807, 2.05) is 44.2 Å². The number of hydrogen-bond acceptors (Lipinski definition) is 3. The lowest BCUT2D eigenvalue weighted by atomic mass is 9.90. The molecule has 0 saturated heterocycles. The summed E-state index contributed by atoms with van der Waals surface area (Å²) < 4.78 is 5.61. The van der Waals surface area contributed by atoms with E-state index in [1.165, 1.54) is 0 Å². The minimum atomic E-state index is -1.15. The zero-order valence-corrected chi connectivity index (χ0v) is 11.4. The van der Waals surface area contributed by atoms with Crippen molar-refractivity contribution >= 4 is 5.97 Å². The zero-order valence-electron chi connectivity index (χ0n) is 11.4. The van der Waals surface area contributed by atoms with Crippen LogP contribution >= 0.6 is 0 Å². The van der Waals surface area contributed by atoms with Gasteiger partial charge in [-0.3, -0.25) is 5.32 Å². The topological polar surface area (TPSA) is 58.6 Å². The molecule has 0 bridgehead atoms. The summed E-state index contributed by atoms with van der Waals surface area (Å²) in [6.45, 7) is 3.96. The van der Waals surface area contributed by atoms with Crippen LogP contribution in [0.15, 0.2) is 30.3 Å². The van der Waals surface area contributed by atoms with Crippen molar-refractivity contribution in [2.75, 3.05) is 6.61 Å². The van der Waals surface area contributed by atoms with Gasteiger partial charge in [0.05, 0.1) is 12.7 Å². The quantitative estimate of drug-likeness (QED) is 0.791. The largest absolute Gasteiger partial charge is 0.480 e. The molecule has 4 heteroatoms. The Bertz CT molecular complexity index is 428. The molecule has 0 aromatic heterocycles. The third-order valence-corrected chi connectivity index (χ3v) is 3.29. The van der Waals surface area contributed by atoms with E-state index in [2.05, 4.69) is 5.32 Å². The standard InChI is InChI=1S/C15H21NO3/c1-11(2)19-10-15(14(17)18,16-13-8-9-13)12-6-4-3-5-7-12/h3-7,11,13,16H,8-10H2,1-2H3,(H,17,18). The van der Waals surface area contributed by atoms with E-state index in [1.54, 1.807) is 0 Å². The Morgan fingerprint density at radius 2 is 2.05 bits per heavy atom. The molecule has 1 aliphatic rings.